The van der Waals surface area contributed by atoms with Gasteiger partial charge in [0, 0.05) is 5.56 Å². The van der Waals surface area contributed by atoms with Gasteiger partial charge < -0.3 is 9.72 Å². The fraction of sp³-hybridized carbons (Fsp3) is 0.357. The van der Waals surface area contributed by atoms with Gasteiger partial charge in [0.15, 0.2) is 5.78 Å². The van der Waals surface area contributed by atoms with E-state index in [1.807, 2.05) is 26.8 Å². The second-order valence-electron chi connectivity index (χ2n) is 3.70. The summed E-state index contributed by atoms with van der Waals surface area (Å²) in [5.41, 5.74) is 1.83. The number of para-hydroxylation sites is 1. The Morgan fingerprint density at radius 1 is 1.32 bits per heavy atom. The Kier molecular flexibility index (Phi) is 5.23. The zero-order valence-corrected chi connectivity index (χ0v) is 11.6. The van der Waals surface area contributed by atoms with Crippen LogP contribution < -0.4 is 0 Å². The maximum Gasteiger partial charge on any atom is 0.313 e. The van der Waals surface area contributed by atoms with Gasteiger partial charge in [-0.05, 0) is 19.1 Å². The minimum Gasteiger partial charge on any atom is -0.469 e. The highest BCUT2D eigenvalue weighted by Gasteiger charge is 2.16. The largest absolute Gasteiger partial charge is 0.469 e. The highest BCUT2D eigenvalue weighted by molar-refractivity contribution is 6.12. The molecule has 0 aliphatic heterocycles. The molecular weight excluding hydrogens is 244 g/mol. The predicted octanol–water partition coefficient (Wildman–Crippen LogP) is 2.64. The van der Waals surface area contributed by atoms with Crippen LogP contribution in [0.1, 0.15) is 36.5 Å². The third-order valence-corrected chi connectivity index (χ3v) is 2.46. The quantitative estimate of drug-likeness (QED) is 0.524. The number of nitrogens with zero attached hydrogens (tertiary/aromatic N) is 1. The Morgan fingerprint density at radius 2 is 2.00 bits per heavy atom. The third kappa shape index (κ3) is 3.40. The van der Waals surface area contributed by atoms with Crippen molar-refractivity contribution in [2.75, 3.05) is 7.11 Å². The van der Waals surface area contributed by atoms with Gasteiger partial charge in [-0.3, -0.25) is 9.59 Å². The normalized spacial score (nSPS) is 9.68. The molecule has 0 radical (unpaired) electrons. The molecule has 1 heterocycles. The predicted molar refractivity (Wildman–Crippen MR) is 73.1 cm³/mol. The average Bonchev–Trinajstić information content (AvgIpc) is 2.80. The van der Waals surface area contributed by atoms with Crippen LogP contribution >= 0.6 is 0 Å². The van der Waals surface area contributed by atoms with E-state index in [1.54, 1.807) is 12.1 Å². The van der Waals surface area contributed by atoms with Crippen LogP contribution in [0, 0.1) is 6.92 Å². The van der Waals surface area contributed by atoms with Gasteiger partial charge in [-0.1, -0.05) is 19.9 Å². The number of esters is 1. The van der Waals surface area contributed by atoms with Crippen molar-refractivity contribution in [3.05, 3.63) is 29.6 Å². The van der Waals surface area contributed by atoms with Crippen LogP contribution in [0.3, 0.4) is 0 Å². The first-order valence-corrected chi connectivity index (χ1v) is 6.17. The van der Waals surface area contributed by atoms with Crippen LogP contribution in [0.2, 0.25) is 0 Å². The number of benzene rings is 1. The summed E-state index contributed by atoms with van der Waals surface area (Å²) in [6.45, 7) is 5.81. The van der Waals surface area contributed by atoms with Crippen LogP contribution in [0.15, 0.2) is 18.2 Å². The van der Waals surface area contributed by atoms with Crippen molar-refractivity contribution in [2.45, 2.75) is 27.2 Å². The van der Waals surface area contributed by atoms with E-state index in [-0.39, 0.29) is 12.2 Å². The topological polar surface area (TPSA) is 72.1 Å². The molecule has 0 aliphatic rings. The van der Waals surface area contributed by atoms with E-state index in [0.717, 1.165) is 11.3 Å². The number of nitrogens with one attached hydrogen (secondary N) is 1. The standard InChI is InChI=1S/C12H12N2O3.C2H6/c1-7-13-9-5-3-4-8(12(9)14-7)10(15)6-11(16)17-2;1-2/h3-5H,6H2,1-2H3,(H,13,14);1-2H3. The van der Waals surface area contributed by atoms with Crippen molar-refractivity contribution in [1.82, 2.24) is 9.97 Å². The van der Waals surface area contributed by atoms with Crippen LogP contribution in [-0.4, -0.2) is 28.8 Å². The summed E-state index contributed by atoms with van der Waals surface area (Å²) in [4.78, 5) is 30.2. The van der Waals surface area contributed by atoms with Crippen LogP contribution in [0.25, 0.3) is 11.0 Å². The fourth-order valence-electron chi connectivity index (χ4n) is 1.68. The van der Waals surface area contributed by atoms with Crippen LogP contribution in [-0.2, 0) is 9.53 Å². The Balaban J connectivity index is 0.000000861. The molecule has 0 fully saturated rings. The Morgan fingerprint density at radius 3 is 2.63 bits per heavy atom. The van der Waals surface area contributed by atoms with E-state index in [2.05, 4.69) is 14.7 Å². The number of methoxy groups -OCH3 is 1. The molecule has 0 unspecified atom stereocenters. The van der Waals surface area contributed by atoms with Gasteiger partial charge in [0.1, 0.15) is 12.2 Å². The van der Waals surface area contributed by atoms with Crippen molar-refractivity contribution in [3.8, 4) is 0 Å². The summed E-state index contributed by atoms with van der Waals surface area (Å²) in [6, 6.07) is 5.25. The number of ether oxygens (including phenoxy) is 1. The number of H-pyrrole nitrogens is 1. The number of fused-ring (bicyclic) bond motifs is 1. The van der Waals surface area contributed by atoms with E-state index in [9.17, 15) is 9.59 Å². The smallest absolute Gasteiger partial charge is 0.313 e. The number of imidazole rings is 1. The summed E-state index contributed by atoms with van der Waals surface area (Å²) in [6.07, 6.45) is -0.262. The minimum absolute atomic E-state index is 0.262. The number of hydrogen-bond acceptors (Lipinski definition) is 4. The molecule has 1 aromatic heterocycles. The van der Waals surface area contributed by atoms with Crippen molar-refractivity contribution in [1.29, 1.82) is 0 Å². The van der Waals surface area contributed by atoms with E-state index < -0.39 is 5.97 Å². The Bertz CT molecular complexity index is 587. The van der Waals surface area contributed by atoms with Gasteiger partial charge in [0.25, 0.3) is 0 Å². The summed E-state index contributed by atoms with van der Waals surface area (Å²) < 4.78 is 4.47. The monoisotopic (exact) mass is 262 g/mol. The number of rotatable bonds is 3. The van der Waals surface area contributed by atoms with E-state index in [4.69, 9.17) is 0 Å². The van der Waals surface area contributed by atoms with E-state index in [0.29, 0.717) is 11.1 Å². The first-order chi connectivity index (χ1) is 9.11. The lowest BCUT2D eigenvalue weighted by Gasteiger charge is -2.00. The minimum atomic E-state index is -0.542. The van der Waals surface area contributed by atoms with Gasteiger partial charge in [0.05, 0.1) is 18.1 Å². The van der Waals surface area contributed by atoms with Crippen molar-refractivity contribution in [3.63, 3.8) is 0 Å². The number of ketones is 1. The lowest BCUT2D eigenvalue weighted by atomic mass is 10.1. The first-order valence-electron chi connectivity index (χ1n) is 6.17. The van der Waals surface area contributed by atoms with Crippen molar-refractivity contribution in [2.24, 2.45) is 0 Å². The molecule has 0 atom stereocenters. The molecule has 2 rings (SSSR count). The number of aromatic amines is 1. The van der Waals surface area contributed by atoms with Gasteiger partial charge in [-0.25, -0.2) is 4.98 Å². The number of aryl methyl sites for hydroxylation is 1. The summed E-state index contributed by atoms with van der Waals surface area (Å²) in [5.74, 6) is -0.0912. The second kappa shape index (κ2) is 6.68. The molecule has 5 heteroatoms. The average molecular weight is 262 g/mol. The van der Waals surface area contributed by atoms with E-state index >= 15 is 0 Å². The van der Waals surface area contributed by atoms with Gasteiger partial charge >= 0.3 is 5.97 Å². The molecule has 0 amide bonds. The number of aromatic nitrogens is 2. The van der Waals surface area contributed by atoms with Crippen molar-refractivity contribution < 1.29 is 14.3 Å². The van der Waals surface area contributed by atoms with E-state index in [1.165, 1.54) is 7.11 Å². The second-order valence-corrected chi connectivity index (χ2v) is 3.70. The molecule has 0 spiro atoms. The van der Waals surface area contributed by atoms with Gasteiger partial charge in [0.2, 0.25) is 0 Å². The molecule has 2 aromatic rings. The third-order valence-electron chi connectivity index (χ3n) is 2.46. The lowest BCUT2D eigenvalue weighted by Crippen LogP contribution is -2.09. The zero-order valence-electron chi connectivity index (χ0n) is 11.6. The zero-order chi connectivity index (χ0) is 14.4. The number of Topliss-reactive ketones (excluding diaryl/α,β-unsaturated/α-hetero) is 1. The van der Waals surface area contributed by atoms with Crippen LogP contribution in [0.4, 0.5) is 0 Å². The Labute approximate surface area is 112 Å². The summed E-state index contributed by atoms with van der Waals surface area (Å²) in [7, 11) is 1.26. The molecule has 1 aromatic carbocycles. The Hall–Kier alpha value is -2.17. The van der Waals surface area contributed by atoms with Gasteiger partial charge in [-0.15, -0.1) is 0 Å². The molecule has 0 aliphatic carbocycles. The maximum atomic E-state index is 11.9. The molecule has 0 bridgehead atoms. The SMILES string of the molecule is CC.COC(=O)CC(=O)c1cccc2[nH]c(C)nc12. The number of carbonyl (C=O) groups excluding carboxylic acids is 2. The molecule has 0 saturated heterocycles. The first kappa shape index (κ1) is 14.9. The highest BCUT2D eigenvalue weighted by atomic mass is 16.5. The van der Waals surface area contributed by atoms with Crippen molar-refractivity contribution >= 4 is 22.8 Å². The maximum absolute atomic E-state index is 11.9. The van der Waals surface area contributed by atoms with Crippen LogP contribution in [0.5, 0.6) is 0 Å². The lowest BCUT2D eigenvalue weighted by molar-refractivity contribution is -0.139. The highest BCUT2D eigenvalue weighted by Crippen LogP contribution is 2.17. The fourth-order valence-corrected chi connectivity index (χ4v) is 1.68. The van der Waals surface area contributed by atoms with Gasteiger partial charge in [-0.2, -0.15) is 0 Å². The number of carbonyl (C=O) groups is 2. The molecule has 1 N–H and O–H groups in total. The molecule has 19 heavy (non-hydrogen) atoms. The molecule has 102 valence electrons. The molecular formula is C14H18N2O3. The molecule has 5 nitrogen and oxygen atoms in total. The summed E-state index contributed by atoms with van der Waals surface area (Å²) in [5, 5.41) is 0. The molecule has 0 saturated carbocycles. The number of hydrogen-bond donors (Lipinski definition) is 1. The summed E-state index contributed by atoms with van der Waals surface area (Å²) >= 11 is 0.